The summed E-state index contributed by atoms with van der Waals surface area (Å²) in [6.07, 6.45) is 2.64. The van der Waals surface area contributed by atoms with E-state index in [0.29, 0.717) is 19.0 Å². The fraction of sp³-hybridized carbons (Fsp3) is 0.444. The number of rotatable bonds is 12. The van der Waals surface area contributed by atoms with Gasteiger partial charge in [0.1, 0.15) is 11.4 Å². The predicted octanol–water partition coefficient (Wildman–Crippen LogP) is 5.89. The molecule has 3 aromatic rings. The predicted molar refractivity (Wildman–Crippen MR) is 131 cm³/mol. The van der Waals surface area contributed by atoms with E-state index in [1.165, 1.54) is 0 Å². The lowest BCUT2D eigenvalue weighted by molar-refractivity contribution is 0.0929. The molecular weight excluding hydrogens is 398 g/mol. The Morgan fingerprint density at radius 3 is 2.28 bits per heavy atom. The van der Waals surface area contributed by atoms with E-state index in [9.17, 15) is 5.11 Å². The zero-order chi connectivity index (χ0) is 22.9. The molecule has 0 saturated heterocycles. The zero-order valence-corrected chi connectivity index (χ0v) is 19.9. The lowest BCUT2D eigenvalue weighted by atomic mass is 10.1. The van der Waals surface area contributed by atoms with Crippen LogP contribution in [0.3, 0.4) is 0 Å². The molecule has 3 rings (SSSR count). The number of hydrogen-bond acceptors (Lipinski definition) is 4. The first-order chi connectivity index (χ1) is 15.5. The number of aryl methyl sites for hydroxylation is 1. The lowest BCUT2D eigenvalue weighted by Gasteiger charge is -2.27. The quantitative estimate of drug-likeness (QED) is 0.385. The Balaban J connectivity index is 1.96. The molecule has 5 nitrogen and oxygen atoms in total. The molecule has 1 atom stereocenters. The third kappa shape index (κ3) is 6.68. The molecular formula is C27H37N3O2. The summed E-state index contributed by atoms with van der Waals surface area (Å²) in [5.74, 6) is 2.02. The van der Waals surface area contributed by atoms with Crippen LogP contribution in [0.15, 0.2) is 60.7 Å². The zero-order valence-electron chi connectivity index (χ0n) is 19.9. The first-order valence-corrected chi connectivity index (χ1v) is 11.7. The average Bonchev–Trinajstić information content (AvgIpc) is 3.08. The van der Waals surface area contributed by atoms with Crippen molar-refractivity contribution in [2.45, 2.75) is 52.7 Å². The number of aliphatic hydroxyl groups is 1. The van der Waals surface area contributed by atoms with Crippen LogP contribution < -0.4 is 4.74 Å². The van der Waals surface area contributed by atoms with E-state index in [4.69, 9.17) is 9.84 Å². The number of nitrogens with zero attached hydrogens (tertiary/aromatic N) is 3. The average molecular weight is 436 g/mol. The van der Waals surface area contributed by atoms with Crippen molar-refractivity contribution in [2.75, 3.05) is 13.1 Å². The largest absolute Gasteiger partial charge is 0.439 e. The molecule has 172 valence electrons. The summed E-state index contributed by atoms with van der Waals surface area (Å²) in [4.78, 5) is 2.34. The summed E-state index contributed by atoms with van der Waals surface area (Å²) in [7, 11) is 1.93. The molecule has 0 aliphatic rings. The molecule has 1 heterocycles. The number of unbranched alkanes of at least 4 members (excludes halogenated alkanes) is 1. The molecule has 0 radical (unpaired) electrons. The second-order valence-electron chi connectivity index (χ2n) is 8.92. The maximum atomic E-state index is 10.6. The number of hydrogen-bond donors (Lipinski definition) is 1. The van der Waals surface area contributed by atoms with Gasteiger partial charge in [-0.25, -0.2) is 4.68 Å². The van der Waals surface area contributed by atoms with Crippen LogP contribution in [-0.4, -0.2) is 39.0 Å². The summed E-state index contributed by atoms with van der Waals surface area (Å²) in [5, 5.41) is 15.5. The van der Waals surface area contributed by atoms with Gasteiger partial charge in [0.25, 0.3) is 0 Å². The van der Waals surface area contributed by atoms with Gasteiger partial charge in [0, 0.05) is 32.2 Å². The molecule has 1 aromatic heterocycles. The van der Waals surface area contributed by atoms with Gasteiger partial charge in [-0.05, 0) is 24.5 Å². The molecule has 0 aliphatic carbocycles. The van der Waals surface area contributed by atoms with E-state index in [1.807, 2.05) is 60.3 Å². The Kier molecular flexibility index (Phi) is 8.89. The van der Waals surface area contributed by atoms with Crippen LogP contribution in [0.25, 0.3) is 11.3 Å². The van der Waals surface area contributed by atoms with Crippen molar-refractivity contribution in [1.82, 2.24) is 14.7 Å². The van der Waals surface area contributed by atoms with E-state index in [0.717, 1.165) is 54.3 Å². The molecule has 0 aliphatic heterocycles. The van der Waals surface area contributed by atoms with Gasteiger partial charge in [0.05, 0.1) is 11.7 Å². The molecule has 5 heteroatoms. The van der Waals surface area contributed by atoms with Gasteiger partial charge < -0.3 is 9.84 Å². The molecule has 1 unspecified atom stereocenters. The molecule has 0 fully saturated rings. The van der Waals surface area contributed by atoms with Gasteiger partial charge in [-0.2, -0.15) is 5.10 Å². The standard InChI is InChI=1S/C27H37N3O2/c1-5-6-15-23(31)19-30(18-21(2)3)20-25-26(22-13-9-7-10-14-22)28-29(4)27(25)32-24-16-11-8-12-17-24/h7-14,16-17,21,23,31H,5-6,15,18-20H2,1-4H3. The van der Waals surface area contributed by atoms with Crippen LogP contribution in [0.4, 0.5) is 0 Å². The number of aromatic nitrogens is 2. The fourth-order valence-electron chi connectivity index (χ4n) is 4.02. The SMILES string of the molecule is CCCCC(O)CN(Cc1c(-c2ccccc2)nn(C)c1Oc1ccccc1)CC(C)C. The number of aliphatic hydroxyl groups excluding tert-OH is 1. The van der Waals surface area contributed by atoms with Crippen LogP contribution in [0.2, 0.25) is 0 Å². The fourth-order valence-corrected chi connectivity index (χ4v) is 4.02. The van der Waals surface area contributed by atoms with Crippen molar-refractivity contribution in [1.29, 1.82) is 0 Å². The Labute approximate surface area is 192 Å². The van der Waals surface area contributed by atoms with Crippen molar-refractivity contribution in [2.24, 2.45) is 13.0 Å². The van der Waals surface area contributed by atoms with Gasteiger partial charge in [0.15, 0.2) is 0 Å². The minimum Gasteiger partial charge on any atom is -0.439 e. The van der Waals surface area contributed by atoms with Gasteiger partial charge >= 0.3 is 0 Å². The van der Waals surface area contributed by atoms with E-state index in [-0.39, 0.29) is 6.10 Å². The van der Waals surface area contributed by atoms with Crippen molar-refractivity contribution in [3.05, 3.63) is 66.2 Å². The van der Waals surface area contributed by atoms with E-state index < -0.39 is 0 Å². The van der Waals surface area contributed by atoms with Crippen LogP contribution >= 0.6 is 0 Å². The smallest absolute Gasteiger partial charge is 0.222 e. The van der Waals surface area contributed by atoms with E-state index >= 15 is 0 Å². The Hall–Kier alpha value is -2.63. The maximum absolute atomic E-state index is 10.6. The first-order valence-electron chi connectivity index (χ1n) is 11.7. The summed E-state index contributed by atoms with van der Waals surface area (Å²) in [6.45, 7) is 8.81. The molecule has 2 aromatic carbocycles. The highest BCUT2D eigenvalue weighted by Gasteiger charge is 2.23. The van der Waals surface area contributed by atoms with E-state index in [2.05, 4.69) is 37.8 Å². The molecule has 0 amide bonds. The summed E-state index contributed by atoms with van der Waals surface area (Å²) in [6, 6.07) is 20.1. The highest BCUT2D eigenvalue weighted by atomic mass is 16.5. The molecule has 0 spiro atoms. The highest BCUT2D eigenvalue weighted by molar-refractivity contribution is 5.65. The molecule has 1 N–H and O–H groups in total. The summed E-state index contributed by atoms with van der Waals surface area (Å²) in [5.41, 5.74) is 3.04. The normalized spacial score (nSPS) is 12.5. The lowest BCUT2D eigenvalue weighted by Crippen LogP contribution is -2.35. The third-order valence-corrected chi connectivity index (χ3v) is 5.46. The Bertz CT molecular complexity index is 938. The van der Waals surface area contributed by atoms with Crippen LogP contribution in [0.1, 0.15) is 45.6 Å². The topological polar surface area (TPSA) is 50.5 Å². The van der Waals surface area contributed by atoms with Crippen LogP contribution in [-0.2, 0) is 13.6 Å². The van der Waals surface area contributed by atoms with Gasteiger partial charge in [-0.1, -0.05) is 82.1 Å². The summed E-state index contributed by atoms with van der Waals surface area (Å²) >= 11 is 0. The Morgan fingerprint density at radius 2 is 1.66 bits per heavy atom. The first kappa shape index (κ1) is 24.0. The summed E-state index contributed by atoms with van der Waals surface area (Å²) < 4.78 is 8.15. The molecule has 0 bridgehead atoms. The molecule has 0 saturated carbocycles. The van der Waals surface area contributed by atoms with Crippen molar-refractivity contribution < 1.29 is 9.84 Å². The minimum atomic E-state index is -0.330. The van der Waals surface area contributed by atoms with E-state index in [1.54, 1.807) is 0 Å². The van der Waals surface area contributed by atoms with Gasteiger partial charge in [-0.3, -0.25) is 4.90 Å². The third-order valence-electron chi connectivity index (χ3n) is 5.46. The van der Waals surface area contributed by atoms with Crippen molar-refractivity contribution in [3.63, 3.8) is 0 Å². The number of benzene rings is 2. The van der Waals surface area contributed by atoms with Crippen molar-refractivity contribution >= 4 is 0 Å². The van der Waals surface area contributed by atoms with Crippen LogP contribution in [0.5, 0.6) is 11.6 Å². The monoisotopic (exact) mass is 435 g/mol. The highest BCUT2D eigenvalue weighted by Crippen LogP contribution is 2.34. The molecule has 32 heavy (non-hydrogen) atoms. The van der Waals surface area contributed by atoms with Gasteiger partial charge in [-0.15, -0.1) is 0 Å². The Morgan fingerprint density at radius 1 is 1.00 bits per heavy atom. The van der Waals surface area contributed by atoms with Crippen molar-refractivity contribution in [3.8, 4) is 22.9 Å². The second kappa shape index (κ2) is 11.8. The minimum absolute atomic E-state index is 0.330. The number of ether oxygens (including phenoxy) is 1. The second-order valence-corrected chi connectivity index (χ2v) is 8.92. The van der Waals surface area contributed by atoms with Gasteiger partial charge in [0.2, 0.25) is 5.88 Å². The number of para-hydroxylation sites is 1. The maximum Gasteiger partial charge on any atom is 0.222 e. The van der Waals surface area contributed by atoms with Crippen LogP contribution in [0, 0.1) is 5.92 Å².